The minimum absolute atomic E-state index is 0.00473. The first-order valence-electron chi connectivity index (χ1n) is 26.4. The van der Waals surface area contributed by atoms with Crippen molar-refractivity contribution in [1.29, 1.82) is 0 Å². The number of nitrogens with zero attached hydrogens (tertiary/aromatic N) is 5. The summed E-state index contributed by atoms with van der Waals surface area (Å²) in [5.74, 6) is -4.32. The van der Waals surface area contributed by atoms with E-state index in [9.17, 15) is 38.4 Å². The van der Waals surface area contributed by atoms with Gasteiger partial charge < -0.3 is 74.0 Å². The third-order valence-corrected chi connectivity index (χ3v) is 14.2. The third-order valence-electron chi connectivity index (χ3n) is 13.7. The molecule has 0 aliphatic carbocycles. The topological polar surface area (TPSA) is 267 Å². The van der Waals surface area contributed by atoms with Crippen molar-refractivity contribution in [3.8, 4) is 11.5 Å². The highest BCUT2D eigenvalue weighted by molar-refractivity contribution is 9.10. The quantitative estimate of drug-likeness (QED) is 0.0665. The average molecular weight is 1170 g/mol. The maximum Gasteiger partial charge on any atom is 0.328 e. The van der Waals surface area contributed by atoms with Crippen LogP contribution in [0.15, 0.2) is 59.1 Å². The zero-order chi connectivity index (χ0) is 58.2. The zero-order valence-electron chi connectivity index (χ0n) is 47.1. The molecule has 1 fully saturated rings. The highest BCUT2D eigenvalue weighted by atomic mass is 79.9. The van der Waals surface area contributed by atoms with Crippen LogP contribution < -0.4 is 25.8 Å². The lowest BCUT2D eigenvalue weighted by Crippen LogP contribution is -2.55. The second kappa shape index (κ2) is 32.8. The van der Waals surface area contributed by atoms with Gasteiger partial charge in [-0.3, -0.25) is 33.6 Å². The van der Waals surface area contributed by atoms with Crippen LogP contribution in [0.3, 0.4) is 0 Å². The second-order valence-corrected chi connectivity index (χ2v) is 21.0. The first kappa shape index (κ1) is 65.3. The van der Waals surface area contributed by atoms with Gasteiger partial charge in [0.05, 0.1) is 70.8 Å². The summed E-state index contributed by atoms with van der Waals surface area (Å²) in [7, 11) is 5.77. The summed E-state index contributed by atoms with van der Waals surface area (Å²) in [6, 6.07) is 11.1. The van der Waals surface area contributed by atoms with Crippen molar-refractivity contribution in [2.24, 2.45) is 23.5 Å². The van der Waals surface area contributed by atoms with Crippen LogP contribution in [0, 0.1) is 17.8 Å². The predicted octanol–water partition coefficient (Wildman–Crippen LogP) is 1.72. The van der Waals surface area contributed by atoms with Crippen LogP contribution in [0.1, 0.15) is 52.2 Å². The van der Waals surface area contributed by atoms with E-state index in [4.69, 9.17) is 38.9 Å². The van der Waals surface area contributed by atoms with Crippen molar-refractivity contribution in [1.82, 2.24) is 35.1 Å². The van der Waals surface area contributed by atoms with Crippen molar-refractivity contribution in [2.75, 3.05) is 134 Å². The number of methoxy groups -OCH3 is 4. The largest absolute Gasteiger partial charge is 0.464 e. The van der Waals surface area contributed by atoms with Crippen LogP contribution in [0.4, 0.5) is 0 Å². The molecule has 2 aromatic rings. The smallest absolute Gasteiger partial charge is 0.328 e. The van der Waals surface area contributed by atoms with E-state index in [1.165, 1.54) is 59.0 Å². The maximum atomic E-state index is 14.5. The Morgan fingerprint density at radius 1 is 0.684 bits per heavy atom. The number of benzene rings is 2. The highest BCUT2D eigenvalue weighted by Crippen LogP contribution is 2.41. The Morgan fingerprint density at radius 2 is 1.18 bits per heavy atom. The SMILES string of the molecule is COCCN(CC(=O)N(CCOC)CC(=O)N(CCOC)CC(=O)N(CCc1ccc(Br)cc1)CC(=O)N(CCOC)CC(=O)N[C@H]1CCOC1=O)C(=O)/C=C/[C@@H](C(C)C)[C@](C)(NC(=O)[C@@H](N)C(C)C)c1ccc2c(c1)OCO2. The van der Waals surface area contributed by atoms with Crippen LogP contribution in [0.25, 0.3) is 0 Å². The summed E-state index contributed by atoms with van der Waals surface area (Å²) < 4.78 is 38.3. The van der Waals surface area contributed by atoms with Crippen molar-refractivity contribution in [3.63, 3.8) is 0 Å². The lowest BCUT2D eigenvalue weighted by Gasteiger charge is -2.41. The second-order valence-electron chi connectivity index (χ2n) is 20.1. The van der Waals surface area contributed by atoms with Gasteiger partial charge in [0.1, 0.15) is 12.6 Å². The normalized spacial score (nSPS) is 15.3. The summed E-state index contributed by atoms with van der Waals surface area (Å²) in [6.45, 7) is 7.37. The molecule has 4 rings (SSSR count). The minimum atomic E-state index is -1.13. The number of nitrogens with one attached hydrogen (secondary N) is 2. The molecule has 23 nitrogen and oxygen atoms in total. The summed E-state index contributed by atoms with van der Waals surface area (Å²) >= 11 is 3.44. The maximum absolute atomic E-state index is 14.5. The van der Waals surface area contributed by atoms with Gasteiger partial charge in [0.15, 0.2) is 11.5 Å². The Bertz CT molecular complexity index is 2390. The zero-order valence-corrected chi connectivity index (χ0v) is 48.7. The van der Waals surface area contributed by atoms with Crippen molar-refractivity contribution < 1.29 is 71.5 Å². The van der Waals surface area contributed by atoms with Gasteiger partial charge in [-0.2, -0.15) is 0 Å². The lowest BCUT2D eigenvalue weighted by atomic mass is 9.73. The fourth-order valence-electron chi connectivity index (χ4n) is 8.83. The molecule has 79 heavy (non-hydrogen) atoms. The molecule has 24 heteroatoms. The molecule has 4 atom stereocenters. The molecule has 1 saturated heterocycles. The molecule has 4 N–H and O–H groups in total. The number of hydrogen-bond donors (Lipinski definition) is 3. The Labute approximate surface area is 472 Å². The Morgan fingerprint density at radius 3 is 1.67 bits per heavy atom. The van der Waals surface area contributed by atoms with Crippen LogP contribution in [0.2, 0.25) is 0 Å². The van der Waals surface area contributed by atoms with Crippen molar-refractivity contribution in [2.45, 2.75) is 65.1 Å². The fourth-order valence-corrected chi connectivity index (χ4v) is 9.10. The van der Waals surface area contributed by atoms with Gasteiger partial charge in [-0.25, -0.2) is 4.79 Å². The van der Waals surface area contributed by atoms with Crippen LogP contribution >= 0.6 is 15.9 Å². The lowest BCUT2D eigenvalue weighted by molar-refractivity contribution is -0.148. The molecule has 2 aliphatic rings. The molecule has 0 unspecified atom stereocenters. The summed E-state index contributed by atoms with van der Waals surface area (Å²) in [4.78, 5) is 117. The van der Waals surface area contributed by atoms with Crippen molar-refractivity contribution in [3.05, 3.63) is 70.2 Å². The predicted molar refractivity (Wildman–Crippen MR) is 294 cm³/mol. The number of carbonyl (C=O) groups excluding carboxylic acids is 8. The number of esters is 1. The highest BCUT2D eigenvalue weighted by Gasteiger charge is 2.41. The molecule has 0 spiro atoms. The van der Waals surface area contributed by atoms with Gasteiger partial charge in [0.2, 0.25) is 48.1 Å². The van der Waals surface area contributed by atoms with Gasteiger partial charge >= 0.3 is 5.97 Å². The molecule has 2 aromatic carbocycles. The van der Waals surface area contributed by atoms with Gasteiger partial charge in [-0.05, 0) is 66.6 Å². The number of nitrogens with two attached hydrogens (primary N) is 1. The number of rotatable bonds is 34. The number of ether oxygens (including phenoxy) is 7. The molecule has 438 valence electrons. The molecule has 2 aliphatic heterocycles. The molecular weight excluding hydrogens is 1090 g/mol. The molecule has 0 aromatic heterocycles. The molecule has 7 amide bonds. The Kier molecular flexibility index (Phi) is 27.1. The molecule has 0 saturated carbocycles. The average Bonchev–Trinajstić information content (AvgIpc) is 4.25. The fraction of sp³-hybridized carbons (Fsp3) is 0.600. The number of halogens is 1. The monoisotopic (exact) mass is 1170 g/mol. The van der Waals surface area contributed by atoms with E-state index in [2.05, 4.69) is 26.6 Å². The molecule has 0 bridgehead atoms. The summed E-state index contributed by atoms with van der Waals surface area (Å²) in [5, 5.41) is 5.78. The number of cyclic esters (lactones) is 1. The van der Waals surface area contributed by atoms with Gasteiger partial charge in [0.25, 0.3) is 0 Å². The summed E-state index contributed by atoms with van der Waals surface area (Å²) in [6.07, 6.45) is 3.69. The summed E-state index contributed by atoms with van der Waals surface area (Å²) in [5.41, 5.74) is 6.76. The van der Waals surface area contributed by atoms with Crippen LogP contribution in [0.5, 0.6) is 11.5 Å². The number of fused-ring (bicyclic) bond motifs is 1. The van der Waals surface area contributed by atoms with E-state index in [1.807, 2.05) is 65.0 Å². The van der Waals surface area contributed by atoms with E-state index in [-0.39, 0.29) is 90.3 Å². The van der Waals surface area contributed by atoms with Crippen molar-refractivity contribution >= 4 is 63.2 Å². The molecule has 2 heterocycles. The number of hydrogen-bond acceptors (Lipinski definition) is 16. The standard InChI is InChI=1S/C55H81BrN8O15/c1-37(2)42(55(5,59-53(71)52(57)38(3)4)40-12-16-44-45(30-40)79-36-78-44)15-17-47(66)62(22-27-74-7)33-50(69)64(24-29-76-9)35-51(70)63(23-28-75-8)34-48(67)60(20-18-39-10-13-41(56)14-11-39)32-49(68)61(21-26-73-6)31-46(65)58-43-19-25-77-54(43)72/h10-17,30,37-38,42-43,52H,18-29,31-36,57H2,1-9H3,(H,58,65)(H,59,71)/b17-15+/t42-,43-,52-,55+/m0/s1. The Balaban J connectivity index is 1.59. The first-order chi connectivity index (χ1) is 37.6. The van der Waals surface area contributed by atoms with E-state index in [0.29, 0.717) is 29.9 Å². The van der Waals surface area contributed by atoms with E-state index in [1.54, 1.807) is 18.2 Å². The van der Waals surface area contributed by atoms with E-state index in [0.717, 1.165) is 10.0 Å². The van der Waals surface area contributed by atoms with Gasteiger partial charge in [-0.1, -0.05) is 67.9 Å². The van der Waals surface area contributed by atoms with Gasteiger partial charge in [-0.15, -0.1) is 0 Å². The van der Waals surface area contributed by atoms with Gasteiger partial charge in [0, 0.05) is 78.0 Å². The third kappa shape index (κ3) is 20.1. The Hall–Kier alpha value is -6.18. The minimum Gasteiger partial charge on any atom is -0.464 e. The molecule has 0 radical (unpaired) electrons. The number of amides is 7. The van der Waals surface area contributed by atoms with E-state index >= 15 is 0 Å². The number of carbonyl (C=O) groups is 8. The first-order valence-corrected chi connectivity index (χ1v) is 27.2. The van der Waals surface area contributed by atoms with Crippen LogP contribution in [-0.2, 0) is 74.0 Å². The van der Waals surface area contributed by atoms with E-state index < -0.39 is 97.7 Å². The van der Waals surface area contributed by atoms with Crippen LogP contribution in [-0.4, -0.2) is 218 Å². The molecular formula is C55H81BrN8O15.